The second-order valence-electron chi connectivity index (χ2n) is 8.31. The molecule has 0 bridgehead atoms. The summed E-state index contributed by atoms with van der Waals surface area (Å²) in [6, 6.07) is 7.82. The summed E-state index contributed by atoms with van der Waals surface area (Å²) in [4.78, 5) is 41.7. The van der Waals surface area contributed by atoms with Gasteiger partial charge in [0.25, 0.3) is 5.91 Å². The van der Waals surface area contributed by atoms with E-state index in [0.29, 0.717) is 5.56 Å². The van der Waals surface area contributed by atoms with Gasteiger partial charge in [0.2, 0.25) is 5.91 Å². The number of nitrogens with zero attached hydrogens (tertiary/aromatic N) is 2. The van der Waals surface area contributed by atoms with Crippen molar-refractivity contribution >= 4 is 45.7 Å². The van der Waals surface area contributed by atoms with Crippen molar-refractivity contribution in [3.63, 3.8) is 0 Å². The fourth-order valence-electron chi connectivity index (χ4n) is 3.72. The second kappa shape index (κ2) is 11.1. The number of amides is 2. The highest BCUT2D eigenvalue weighted by molar-refractivity contribution is 7.18. The van der Waals surface area contributed by atoms with Crippen molar-refractivity contribution in [1.82, 2.24) is 9.80 Å². The third-order valence-electron chi connectivity index (χ3n) is 5.30. The molecule has 0 atom stereocenters. The van der Waals surface area contributed by atoms with Crippen molar-refractivity contribution in [2.75, 3.05) is 38.0 Å². The minimum atomic E-state index is -0.646. The van der Waals surface area contributed by atoms with Gasteiger partial charge in [-0.25, -0.2) is 4.79 Å². The molecule has 0 aliphatic carbocycles. The van der Waals surface area contributed by atoms with Crippen LogP contribution in [0.25, 0.3) is 0 Å². The number of esters is 1. The van der Waals surface area contributed by atoms with Gasteiger partial charge in [-0.1, -0.05) is 23.7 Å². The highest BCUT2D eigenvalue weighted by atomic mass is 35.5. The number of anilines is 1. The lowest BCUT2D eigenvalue weighted by Gasteiger charge is -2.34. The summed E-state index contributed by atoms with van der Waals surface area (Å²) in [5.41, 5.74) is 7.20. The van der Waals surface area contributed by atoms with Gasteiger partial charge in [0.05, 0.1) is 23.1 Å². The monoisotopic (exact) mass is 492 g/mol. The van der Waals surface area contributed by atoms with Crippen LogP contribution in [0.4, 0.5) is 5.00 Å². The molecule has 1 aromatic heterocycles. The minimum absolute atomic E-state index is 0.183. The number of ether oxygens (including phenoxy) is 1. The Bertz CT molecular complexity index is 1030. The van der Waals surface area contributed by atoms with Crippen molar-refractivity contribution < 1.29 is 19.1 Å². The van der Waals surface area contributed by atoms with E-state index in [-0.39, 0.29) is 34.0 Å². The van der Waals surface area contributed by atoms with Gasteiger partial charge in [-0.3, -0.25) is 19.4 Å². The molecule has 0 unspecified atom stereocenters. The van der Waals surface area contributed by atoms with Gasteiger partial charge >= 0.3 is 5.97 Å². The number of benzene rings is 1. The Kier molecular flexibility index (Phi) is 8.47. The van der Waals surface area contributed by atoms with Crippen molar-refractivity contribution in [3.8, 4) is 0 Å². The molecule has 1 saturated heterocycles. The number of piperazine rings is 1. The Labute approximate surface area is 202 Å². The zero-order chi connectivity index (χ0) is 24.1. The maximum absolute atomic E-state index is 12.7. The van der Waals surface area contributed by atoms with Crippen LogP contribution in [-0.4, -0.2) is 66.4 Å². The van der Waals surface area contributed by atoms with Gasteiger partial charge in [-0.05, 0) is 44.0 Å². The Balaban J connectivity index is 1.59. The number of halogens is 1. The second-order valence-corrected chi connectivity index (χ2v) is 9.77. The molecule has 1 aromatic carbocycles. The van der Waals surface area contributed by atoms with Gasteiger partial charge in [0, 0.05) is 37.7 Å². The number of carbonyl (C=O) groups excluding carboxylic acids is 3. The normalized spacial score (nSPS) is 14.9. The molecule has 1 aliphatic heterocycles. The van der Waals surface area contributed by atoms with Crippen molar-refractivity contribution in [2.24, 2.45) is 5.73 Å². The predicted octanol–water partition coefficient (Wildman–Crippen LogP) is 3.13. The molecule has 1 aliphatic rings. The summed E-state index contributed by atoms with van der Waals surface area (Å²) in [6.45, 7) is 9.24. The third-order valence-corrected chi connectivity index (χ3v) is 6.75. The number of thiophene rings is 1. The van der Waals surface area contributed by atoms with Gasteiger partial charge in [-0.15, -0.1) is 11.3 Å². The number of hydrogen-bond donors (Lipinski definition) is 2. The van der Waals surface area contributed by atoms with E-state index in [9.17, 15) is 14.4 Å². The fraction of sp³-hybridized carbons (Fsp3) is 0.435. The summed E-state index contributed by atoms with van der Waals surface area (Å²) in [5, 5.41) is 3.80. The molecule has 0 radical (unpaired) electrons. The van der Waals surface area contributed by atoms with Crippen molar-refractivity contribution in [1.29, 1.82) is 0 Å². The molecule has 178 valence electrons. The van der Waals surface area contributed by atoms with Crippen LogP contribution in [0.5, 0.6) is 0 Å². The van der Waals surface area contributed by atoms with Crippen molar-refractivity contribution in [3.05, 3.63) is 50.9 Å². The SMILES string of the molecule is Cc1c(C(N)=O)sc(NC(=O)CN2CCN(Cc3cccc(Cl)c3)CC2)c1C(=O)OC(C)C. The molecule has 33 heavy (non-hydrogen) atoms. The maximum Gasteiger partial charge on any atom is 0.341 e. The third kappa shape index (κ3) is 6.77. The summed E-state index contributed by atoms with van der Waals surface area (Å²) in [6.07, 6.45) is -0.333. The lowest BCUT2D eigenvalue weighted by molar-refractivity contribution is -0.117. The number of hydrogen-bond acceptors (Lipinski definition) is 7. The average Bonchev–Trinajstić information content (AvgIpc) is 3.05. The number of primary amides is 1. The standard InChI is InChI=1S/C23H29ClN4O4S/c1-14(2)32-23(31)19-15(3)20(21(25)30)33-22(19)26-18(29)13-28-9-7-27(8-10-28)12-16-5-4-6-17(24)11-16/h4-6,11,14H,7-10,12-13H2,1-3H3,(H2,25,30)(H,26,29). The van der Waals surface area contributed by atoms with Crippen LogP contribution in [0.2, 0.25) is 5.02 Å². The molecule has 2 aromatic rings. The first-order valence-corrected chi connectivity index (χ1v) is 12.0. The Morgan fingerprint density at radius 3 is 2.45 bits per heavy atom. The van der Waals surface area contributed by atoms with E-state index < -0.39 is 11.9 Å². The van der Waals surface area contributed by atoms with Gasteiger partial charge < -0.3 is 15.8 Å². The minimum Gasteiger partial charge on any atom is -0.459 e. The molecule has 3 N–H and O–H groups in total. The van der Waals surface area contributed by atoms with Crippen LogP contribution in [0.1, 0.15) is 45.0 Å². The highest BCUT2D eigenvalue weighted by Crippen LogP contribution is 2.33. The van der Waals surface area contributed by atoms with E-state index in [1.165, 1.54) is 0 Å². The van der Waals surface area contributed by atoms with Gasteiger partial charge in [-0.2, -0.15) is 0 Å². The molecule has 0 spiro atoms. The quantitative estimate of drug-likeness (QED) is 0.548. The Hall–Kier alpha value is -2.46. The number of rotatable bonds is 8. The summed E-state index contributed by atoms with van der Waals surface area (Å²) in [5.74, 6) is -1.49. The number of nitrogens with one attached hydrogen (secondary N) is 1. The summed E-state index contributed by atoms with van der Waals surface area (Å²) >= 11 is 7.07. The van der Waals surface area contributed by atoms with E-state index in [1.807, 2.05) is 18.2 Å². The zero-order valence-corrected chi connectivity index (χ0v) is 20.6. The molecular formula is C23H29ClN4O4S. The molecular weight excluding hydrogens is 464 g/mol. The van der Waals surface area contributed by atoms with E-state index in [1.54, 1.807) is 20.8 Å². The van der Waals surface area contributed by atoms with Crippen LogP contribution in [-0.2, 0) is 16.1 Å². The topological polar surface area (TPSA) is 105 Å². The molecule has 2 heterocycles. The molecule has 10 heteroatoms. The number of carbonyl (C=O) groups is 3. The van der Waals surface area contributed by atoms with Crippen LogP contribution in [0.15, 0.2) is 24.3 Å². The number of nitrogens with two attached hydrogens (primary N) is 1. The maximum atomic E-state index is 12.7. The molecule has 2 amide bonds. The van der Waals surface area contributed by atoms with Gasteiger partial charge in [0.15, 0.2) is 0 Å². The average molecular weight is 493 g/mol. The largest absolute Gasteiger partial charge is 0.459 e. The molecule has 0 saturated carbocycles. The lowest BCUT2D eigenvalue weighted by Crippen LogP contribution is -2.48. The van der Waals surface area contributed by atoms with Gasteiger partial charge in [0.1, 0.15) is 5.00 Å². The molecule has 3 rings (SSSR count). The highest BCUT2D eigenvalue weighted by Gasteiger charge is 2.27. The Morgan fingerprint density at radius 2 is 1.85 bits per heavy atom. The van der Waals surface area contributed by atoms with Crippen LogP contribution >= 0.6 is 22.9 Å². The molecule has 8 nitrogen and oxygen atoms in total. The smallest absolute Gasteiger partial charge is 0.341 e. The lowest BCUT2D eigenvalue weighted by atomic mass is 10.1. The predicted molar refractivity (Wildman–Crippen MR) is 130 cm³/mol. The fourth-order valence-corrected chi connectivity index (χ4v) is 5.00. The first-order valence-electron chi connectivity index (χ1n) is 10.8. The summed E-state index contributed by atoms with van der Waals surface area (Å²) < 4.78 is 5.29. The van der Waals surface area contributed by atoms with Crippen molar-refractivity contribution in [2.45, 2.75) is 33.4 Å². The zero-order valence-electron chi connectivity index (χ0n) is 19.0. The first-order chi connectivity index (χ1) is 15.6. The van der Waals surface area contributed by atoms with E-state index in [2.05, 4.69) is 21.2 Å². The van der Waals surface area contributed by atoms with E-state index >= 15 is 0 Å². The Morgan fingerprint density at radius 1 is 1.18 bits per heavy atom. The van der Waals surface area contributed by atoms with Crippen LogP contribution < -0.4 is 11.1 Å². The first kappa shape index (κ1) is 25.2. The molecule has 1 fully saturated rings. The van der Waals surface area contributed by atoms with E-state index in [4.69, 9.17) is 22.1 Å². The van der Waals surface area contributed by atoms with Crippen LogP contribution in [0.3, 0.4) is 0 Å². The van der Waals surface area contributed by atoms with Crippen LogP contribution in [0, 0.1) is 6.92 Å². The summed E-state index contributed by atoms with van der Waals surface area (Å²) in [7, 11) is 0. The van der Waals surface area contributed by atoms with E-state index in [0.717, 1.165) is 54.6 Å².